The van der Waals surface area contributed by atoms with Crippen molar-refractivity contribution in [1.29, 1.82) is 0 Å². The van der Waals surface area contributed by atoms with Crippen LogP contribution in [-0.4, -0.2) is 63.3 Å². The molecule has 39 heavy (non-hydrogen) atoms. The molecule has 1 fully saturated rings. The van der Waals surface area contributed by atoms with Crippen LogP contribution in [0, 0.1) is 0 Å². The van der Waals surface area contributed by atoms with E-state index in [9.17, 15) is 16.8 Å². The summed E-state index contributed by atoms with van der Waals surface area (Å²) >= 11 is 12.1. The minimum atomic E-state index is -4.20. The summed E-state index contributed by atoms with van der Waals surface area (Å²) in [6, 6.07) is 22.6. The lowest BCUT2D eigenvalue weighted by molar-refractivity contribution is 0.376. The van der Waals surface area contributed by atoms with Gasteiger partial charge in [0.15, 0.2) is 0 Å². The van der Waals surface area contributed by atoms with Gasteiger partial charge in [-0.2, -0.15) is 13.5 Å². The summed E-state index contributed by atoms with van der Waals surface area (Å²) in [5, 5.41) is 11.9. The predicted molar refractivity (Wildman–Crippen MR) is 153 cm³/mol. The highest BCUT2D eigenvalue weighted by molar-refractivity contribution is 7.90. The summed E-state index contributed by atoms with van der Waals surface area (Å²) in [6.07, 6.45) is 0.239. The number of nitrogens with two attached hydrogens (primary N) is 1. The SMILES string of the molecule is NS(=O)(=O)[C@H]1CCN(C(=NS(=O)(=O)c2ccc(Cl)cc2)N2C[C@H](c3ccccc3)C(c3ccc(Cl)cc3)=N2)C1. The van der Waals surface area contributed by atoms with Crippen LogP contribution in [0.25, 0.3) is 0 Å². The molecule has 0 amide bonds. The fraction of sp³-hybridized carbons (Fsp3) is 0.231. The number of halogens is 2. The quantitative estimate of drug-likeness (QED) is 0.347. The molecule has 0 radical (unpaired) electrons. The molecule has 9 nitrogen and oxygen atoms in total. The van der Waals surface area contributed by atoms with Gasteiger partial charge in [-0.1, -0.05) is 65.7 Å². The number of guanidine groups is 1. The van der Waals surface area contributed by atoms with Gasteiger partial charge in [-0.15, -0.1) is 4.40 Å². The maximum atomic E-state index is 13.4. The Labute approximate surface area is 237 Å². The van der Waals surface area contributed by atoms with Crippen molar-refractivity contribution in [3.05, 3.63) is 100 Å². The Balaban J connectivity index is 1.60. The predicted octanol–water partition coefficient (Wildman–Crippen LogP) is 3.90. The van der Waals surface area contributed by atoms with Gasteiger partial charge in [-0.25, -0.2) is 18.6 Å². The van der Waals surface area contributed by atoms with Gasteiger partial charge in [0.05, 0.1) is 22.4 Å². The van der Waals surface area contributed by atoms with Crippen molar-refractivity contribution in [3.63, 3.8) is 0 Å². The van der Waals surface area contributed by atoms with E-state index >= 15 is 0 Å². The summed E-state index contributed by atoms with van der Waals surface area (Å²) < 4.78 is 55.2. The van der Waals surface area contributed by atoms with Gasteiger partial charge in [0, 0.05) is 29.1 Å². The molecule has 2 aliphatic heterocycles. The fourth-order valence-electron chi connectivity index (χ4n) is 4.67. The first-order chi connectivity index (χ1) is 18.5. The number of hydrazone groups is 1. The molecule has 5 rings (SSSR count). The third kappa shape index (κ3) is 6.12. The summed E-state index contributed by atoms with van der Waals surface area (Å²) in [6.45, 7) is 0.522. The second kappa shape index (κ2) is 10.9. The average Bonchev–Trinajstić information content (AvgIpc) is 3.57. The van der Waals surface area contributed by atoms with Crippen molar-refractivity contribution in [2.45, 2.75) is 22.5 Å². The molecule has 204 valence electrons. The monoisotopic (exact) mass is 605 g/mol. The van der Waals surface area contributed by atoms with E-state index < -0.39 is 25.3 Å². The molecule has 0 bridgehead atoms. The third-order valence-electron chi connectivity index (χ3n) is 6.69. The lowest BCUT2D eigenvalue weighted by Gasteiger charge is -2.26. The van der Waals surface area contributed by atoms with Gasteiger partial charge in [-0.3, -0.25) is 0 Å². The highest BCUT2D eigenvalue weighted by Crippen LogP contribution is 2.31. The second-order valence-corrected chi connectivity index (χ2v) is 13.6. The van der Waals surface area contributed by atoms with Crippen LogP contribution >= 0.6 is 23.2 Å². The van der Waals surface area contributed by atoms with E-state index in [1.165, 1.54) is 29.3 Å². The standard InChI is InChI=1S/C26H25Cl2N5O4S2/c27-20-8-6-19(7-9-20)25-24(18-4-2-1-3-5-18)17-33(30-25)26(32-15-14-23(16-32)38(29,34)35)31-39(36,37)22-12-10-21(28)11-13-22/h1-13,23-24H,14-17H2,(H2,29,34,35)/t23-,24+/m0/s1. The van der Waals surface area contributed by atoms with Gasteiger partial charge in [0.25, 0.3) is 10.0 Å². The molecule has 0 aromatic heterocycles. The number of likely N-dealkylation sites (tertiary alicyclic amines) is 1. The van der Waals surface area contributed by atoms with Crippen LogP contribution < -0.4 is 5.14 Å². The third-order valence-corrected chi connectivity index (χ3v) is 9.78. The Bertz CT molecular complexity index is 1630. The molecule has 2 N–H and O–H groups in total. The maximum Gasteiger partial charge on any atom is 0.285 e. The van der Waals surface area contributed by atoms with Crippen LogP contribution in [0.4, 0.5) is 0 Å². The molecule has 1 saturated heterocycles. The largest absolute Gasteiger partial charge is 0.339 e. The molecule has 0 unspecified atom stereocenters. The van der Waals surface area contributed by atoms with Crippen molar-refractivity contribution in [3.8, 4) is 0 Å². The summed E-state index contributed by atoms with van der Waals surface area (Å²) in [5.41, 5.74) is 2.51. The number of hydrogen-bond donors (Lipinski definition) is 1. The summed E-state index contributed by atoms with van der Waals surface area (Å²) in [7, 11) is -8.03. The van der Waals surface area contributed by atoms with Gasteiger partial charge in [0.1, 0.15) is 0 Å². The summed E-state index contributed by atoms with van der Waals surface area (Å²) in [5.74, 6) is -0.187. The molecule has 2 atom stereocenters. The smallest absolute Gasteiger partial charge is 0.285 e. The highest BCUT2D eigenvalue weighted by atomic mass is 35.5. The van der Waals surface area contributed by atoms with Crippen LogP contribution in [0.15, 0.2) is 93.3 Å². The van der Waals surface area contributed by atoms with Crippen LogP contribution in [0.5, 0.6) is 0 Å². The Morgan fingerprint density at radius 3 is 2.08 bits per heavy atom. The van der Waals surface area contributed by atoms with Crippen LogP contribution in [0.3, 0.4) is 0 Å². The van der Waals surface area contributed by atoms with E-state index in [0.29, 0.717) is 15.8 Å². The van der Waals surface area contributed by atoms with Crippen molar-refractivity contribution in [2.24, 2.45) is 14.6 Å². The molecular formula is C26H25Cl2N5O4S2. The first-order valence-electron chi connectivity index (χ1n) is 12.1. The number of primary sulfonamides is 1. The highest BCUT2D eigenvalue weighted by Gasteiger charge is 2.39. The molecule has 3 aromatic rings. The Morgan fingerprint density at radius 2 is 1.49 bits per heavy atom. The minimum Gasteiger partial charge on any atom is -0.339 e. The zero-order chi connectivity index (χ0) is 27.8. The van der Waals surface area contributed by atoms with Crippen molar-refractivity contribution in [1.82, 2.24) is 9.91 Å². The number of rotatable bonds is 5. The Morgan fingerprint density at radius 1 is 0.872 bits per heavy atom. The van der Waals surface area contributed by atoms with E-state index in [1.807, 2.05) is 42.5 Å². The lowest BCUT2D eigenvalue weighted by atomic mass is 9.91. The van der Waals surface area contributed by atoms with Crippen molar-refractivity contribution in [2.75, 3.05) is 19.6 Å². The molecule has 0 spiro atoms. The number of hydrogen-bond acceptors (Lipinski definition) is 5. The Kier molecular flexibility index (Phi) is 7.71. The number of sulfonamides is 2. The van der Waals surface area contributed by atoms with Crippen LogP contribution in [0.1, 0.15) is 23.5 Å². The van der Waals surface area contributed by atoms with Gasteiger partial charge >= 0.3 is 0 Å². The van der Waals surface area contributed by atoms with Gasteiger partial charge in [-0.05, 0) is 53.9 Å². The van der Waals surface area contributed by atoms with E-state index in [-0.39, 0.29) is 42.8 Å². The fourth-order valence-corrected chi connectivity index (χ4v) is 6.75. The van der Waals surface area contributed by atoms with Crippen LogP contribution in [-0.2, 0) is 20.0 Å². The Hall–Kier alpha value is -2.96. The molecule has 3 aromatic carbocycles. The zero-order valence-electron chi connectivity index (χ0n) is 20.6. The van der Waals surface area contributed by atoms with E-state index in [0.717, 1.165) is 11.1 Å². The number of nitrogens with zero attached hydrogens (tertiary/aromatic N) is 4. The van der Waals surface area contributed by atoms with Gasteiger partial charge in [0.2, 0.25) is 16.0 Å². The lowest BCUT2D eigenvalue weighted by Crippen LogP contribution is -2.42. The first-order valence-corrected chi connectivity index (χ1v) is 15.9. The molecule has 0 saturated carbocycles. The molecule has 13 heteroatoms. The maximum absolute atomic E-state index is 13.4. The second-order valence-electron chi connectivity index (χ2n) is 9.30. The first kappa shape index (κ1) is 27.6. The summed E-state index contributed by atoms with van der Waals surface area (Å²) in [4.78, 5) is 1.56. The normalized spacial score (nSPS) is 20.4. The molecular weight excluding hydrogens is 581 g/mol. The zero-order valence-corrected chi connectivity index (χ0v) is 23.7. The molecule has 2 heterocycles. The van der Waals surface area contributed by atoms with Crippen LogP contribution in [0.2, 0.25) is 10.0 Å². The molecule has 2 aliphatic rings. The van der Waals surface area contributed by atoms with Crippen molar-refractivity contribution < 1.29 is 16.8 Å². The van der Waals surface area contributed by atoms with Crippen molar-refractivity contribution >= 4 is 54.9 Å². The minimum absolute atomic E-state index is 0.00783. The van der Waals surface area contributed by atoms with E-state index in [1.54, 1.807) is 17.0 Å². The van der Waals surface area contributed by atoms with E-state index in [4.69, 9.17) is 33.4 Å². The van der Waals surface area contributed by atoms with E-state index in [2.05, 4.69) is 4.40 Å². The average molecular weight is 607 g/mol. The molecule has 0 aliphatic carbocycles. The number of benzene rings is 3. The van der Waals surface area contributed by atoms with Gasteiger partial charge < -0.3 is 4.90 Å². The topological polar surface area (TPSA) is 126 Å².